The Morgan fingerprint density at radius 3 is 2.50 bits per heavy atom. The largest absolute Gasteiger partial charge is 0.381 e. The van der Waals surface area contributed by atoms with E-state index in [2.05, 4.69) is 47.2 Å². The van der Waals surface area contributed by atoms with Crippen LogP contribution < -0.4 is 5.32 Å². The van der Waals surface area contributed by atoms with Crippen LogP contribution in [0.2, 0.25) is 0 Å². The summed E-state index contributed by atoms with van der Waals surface area (Å²) in [4.78, 5) is 0. The molecule has 2 aromatic carbocycles. The molecule has 0 aliphatic heterocycles. The molecule has 0 fully saturated rings. The quantitative estimate of drug-likeness (QED) is 0.857. The van der Waals surface area contributed by atoms with Gasteiger partial charge in [-0.25, -0.2) is 4.39 Å². The van der Waals surface area contributed by atoms with Crippen LogP contribution in [0.3, 0.4) is 0 Å². The maximum absolute atomic E-state index is 13.3. The number of nitrogens with one attached hydrogen (secondary N) is 1. The highest BCUT2D eigenvalue weighted by Crippen LogP contribution is 2.18. The summed E-state index contributed by atoms with van der Waals surface area (Å²) >= 11 is 3.15. The SMILES string of the molecule is Cc1ccc(NCc2ccc(Br)c(F)c2)cc1C. The average Bonchev–Trinajstić information content (AvgIpc) is 2.35. The van der Waals surface area contributed by atoms with Gasteiger partial charge in [-0.3, -0.25) is 0 Å². The zero-order valence-corrected chi connectivity index (χ0v) is 12.0. The summed E-state index contributed by atoms with van der Waals surface area (Å²) in [6.45, 7) is 4.79. The van der Waals surface area contributed by atoms with E-state index in [9.17, 15) is 4.39 Å². The number of halogens is 2. The Hall–Kier alpha value is -1.35. The molecule has 0 bridgehead atoms. The minimum atomic E-state index is -0.227. The van der Waals surface area contributed by atoms with Crippen molar-refractivity contribution in [1.82, 2.24) is 0 Å². The highest BCUT2D eigenvalue weighted by molar-refractivity contribution is 9.10. The first kappa shape index (κ1) is 13.1. The van der Waals surface area contributed by atoms with E-state index in [1.54, 1.807) is 6.07 Å². The summed E-state index contributed by atoms with van der Waals surface area (Å²) in [7, 11) is 0. The van der Waals surface area contributed by atoms with E-state index in [0.717, 1.165) is 11.3 Å². The van der Waals surface area contributed by atoms with Crippen LogP contribution in [0.5, 0.6) is 0 Å². The van der Waals surface area contributed by atoms with E-state index in [-0.39, 0.29) is 5.82 Å². The van der Waals surface area contributed by atoms with Crippen LogP contribution in [0.1, 0.15) is 16.7 Å². The molecule has 18 heavy (non-hydrogen) atoms. The number of benzene rings is 2. The summed E-state index contributed by atoms with van der Waals surface area (Å²) < 4.78 is 13.8. The van der Waals surface area contributed by atoms with E-state index in [1.807, 2.05) is 12.1 Å². The smallest absolute Gasteiger partial charge is 0.137 e. The number of hydrogen-bond donors (Lipinski definition) is 1. The fraction of sp³-hybridized carbons (Fsp3) is 0.200. The molecule has 0 spiro atoms. The van der Waals surface area contributed by atoms with Gasteiger partial charge in [0.15, 0.2) is 0 Å². The maximum atomic E-state index is 13.3. The van der Waals surface area contributed by atoms with Crippen LogP contribution in [-0.4, -0.2) is 0 Å². The molecule has 0 aromatic heterocycles. The molecule has 0 amide bonds. The number of anilines is 1. The Balaban J connectivity index is 2.06. The minimum Gasteiger partial charge on any atom is -0.381 e. The van der Waals surface area contributed by atoms with Crippen LogP contribution in [0.25, 0.3) is 0 Å². The number of aryl methyl sites for hydroxylation is 2. The van der Waals surface area contributed by atoms with Crippen molar-refractivity contribution in [3.8, 4) is 0 Å². The second kappa shape index (κ2) is 5.53. The lowest BCUT2D eigenvalue weighted by Crippen LogP contribution is -2.00. The summed E-state index contributed by atoms with van der Waals surface area (Å²) in [6, 6.07) is 11.4. The first-order valence-corrected chi connectivity index (χ1v) is 6.60. The molecule has 0 saturated heterocycles. The second-order valence-corrected chi connectivity index (χ2v) is 5.26. The van der Waals surface area contributed by atoms with E-state index in [1.165, 1.54) is 17.2 Å². The van der Waals surface area contributed by atoms with Crippen LogP contribution in [0, 0.1) is 19.7 Å². The van der Waals surface area contributed by atoms with Gasteiger partial charge < -0.3 is 5.32 Å². The molecule has 0 radical (unpaired) electrons. The number of hydrogen-bond acceptors (Lipinski definition) is 1. The number of rotatable bonds is 3. The molecule has 0 atom stereocenters. The first-order valence-electron chi connectivity index (χ1n) is 5.81. The van der Waals surface area contributed by atoms with Crippen molar-refractivity contribution in [3.05, 3.63) is 63.4 Å². The lowest BCUT2D eigenvalue weighted by Gasteiger charge is -2.09. The third-order valence-corrected chi connectivity index (χ3v) is 3.63. The molecule has 1 nitrogen and oxygen atoms in total. The Kier molecular flexibility index (Phi) is 4.02. The van der Waals surface area contributed by atoms with Crippen molar-refractivity contribution >= 4 is 21.6 Å². The van der Waals surface area contributed by atoms with Crippen LogP contribution in [0.4, 0.5) is 10.1 Å². The van der Waals surface area contributed by atoms with Gasteiger partial charge in [-0.2, -0.15) is 0 Å². The van der Waals surface area contributed by atoms with E-state index < -0.39 is 0 Å². The normalized spacial score (nSPS) is 10.4. The Labute approximate surface area is 115 Å². The van der Waals surface area contributed by atoms with Crippen LogP contribution in [-0.2, 0) is 6.54 Å². The molecule has 0 aliphatic carbocycles. The van der Waals surface area contributed by atoms with Crippen molar-refractivity contribution in [2.75, 3.05) is 5.32 Å². The first-order chi connectivity index (χ1) is 8.56. The van der Waals surface area contributed by atoms with Gasteiger partial charge in [0.1, 0.15) is 5.82 Å². The summed E-state index contributed by atoms with van der Waals surface area (Å²) in [6.07, 6.45) is 0. The standard InChI is InChI=1S/C15H15BrFN/c1-10-3-5-13(7-11(10)2)18-9-12-4-6-14(16)15(17)8-12/h3-8,18H,9H2,1-2H3. The summed E-state index contributed by atoms with van der Waals surface area (Å²) in [5.74, 6) is -0.227. The van der Waals surface area contributed by atoms with Gasteiger partial charge in [0, 0.05) is 12.2 Å². The van der Waals surface area contributed by atoms with Crippen LogP contribution in [0.15, 0.2) is 40.9 Å². The molecule has 0 heterocycles. The van der Waals surface area contributed by atoms with Gasteiger partial charge >= 0.3 is 0 Å². The van der Waals surface area contributed by atoms with Gasteiger partial charge in [0.25, 0.3) is 0 Å². The van der Waals surface area contributed by atoms with E-state index in [0.29, 0.717) is 11.0 Å². The Morgan fingerprint density at radius 1 is 1.06 bits per heavy atom. The van der Waals surface area contributed by atoms with Crippen molar-refractivity contribution in [1.29, 1.82) is 0 Å². The molecule has 94 valence electrons. The highest BCUT2D eigenvalue weighted by atomic mass is 79.9. The third-order valence-electron chi connectivity index (χ3n) is 2.99. The predicted octanol–water partition coefficient (Wildman–Crippen LogP) is 4.82. The topological polar surface area (TPSA) is 12.0 Å². The Bertz CT molecular complexity index is 515. The average molecular weight is 308 g/mol. The Morgan fingerprint density at radius 2 is 1.83 bits per heavy atom. The summed E-state index contributed by atoms with van der Waals surface area (Å²) in [5.41, 5.74) is 4.51. The molecule has 0 unspecified atom stereocenters. The third kappa shape index (κ3) is 3.10. The predicted molar refractivity (Wildman–Crippen MR) is 77.3 cm³/mol. The molecular formula is C15H15BrFN. The van der Waals surface area contributed by atoms with Gasteiger partial charge in [-0.05, 0) is 70.7 Å². The van der Waals surface area contributed by atoms with Gasteiger partial charge in [0.05, 0.1) is 4.47 Å². The molecular weight excluding hydrogens is 293 g/mol. The minimum absolute atomic E-state index is 0.227. The molecule has 0 aliphatic rings. The maximum Gasteiger partial charge on any atom is 0.137 e. The zero-order chi connectivity index (χ0) is 13.1. The van der Waals surface area contributed by atoms with Crippen molar-refractivity contribution in [3.63, 3.8) is 0 Å². The zero-order valence-electron chi connectivity index (χ0n) is 10.4. The van der Waals surface area contributed by atoms with Gasteiger partial charge in [0.2, 0.25) is 0 Å². The van der Waals surface area contributed by atoms with Gasteiger partial charge in [-0.1, -0.05) is 12.1 Å². The van der Waals surface area contributed by atoms with E-state index >= 15 is 0 Å². The summed E-state index contributed by atoms with van der Waals surface area (Å²) in [5, 5.41) is 3.29. The van der Waals surface area contributed by atoms with Crippen molar-refractivity contribution in [2.24, 2.45) is 0 Å². The fourth-order valence-electron chi connectivity index (χ4n) is 1.71. The lowest BCUT2D eigenvalue weighted by molar-refractivity contribution is 0.619. The molecule has 0 saturated carbocycles. The van der Waals surface area contributed by atoms with Gasteiger partial charge in [-0.15, -0.1) is 0 Å². The molecule has 2 rings (SSSR count). The monoisotopic (exact) mass is 307 g/mol. The van der Waals surface area contributed by atoms with Crippen molar-refractivity contribution in [2.45, 2.75) is 20.4 Å². The fourth-order valence-corrected chi connectivity index (χ4v) is 1.95. The van der Waals surface area contributed by atoms with Crippen LogP contribution >= 0.6 is 15.9 Å². The highest BCUT2D eigenvalue weighted by Gasteiger charge is 2.01. The molecule has 1 N–H and O–H groups in total. The lowest BCUT2D eigenvalue weighted by atomic mass is 10.1. The molecule has 3 heteroatoms. The van der Waals surface area contributed by atoms with Crippen molar-refractivity contribution < 1.29 is 4.39 Å². The molecule has 2 aromatic rings. The second-order valence-electron chi connectivity index (χ2n) is 4.40. The van der Waals surface area contributed by atoms with E-state index in [4.69, 9.17) is 0 Å².